The van der Waals surface area contributed by atoms with Crippen molar-refractivity contribution in [1.82, 2.24) is 30.2 Å². The van der Waals surface area contributed by atoms with Gasteiger partial charge in [-0.05, 0) is 89.4 Å². The predicted octanol–water partition coefficient (Wildman–Crippen LogP) is 4.16. The molecular weight excluding hydrogens is 530 g/mol. The molecule has 3 fully saturated rings. The molecule has 12 heteroatoms. The highest BCUT2D eigenvalue weighted by Gasteiger charge is 2.31. The zero-order valence-electron chi connectivity index (χ0n) is 23.1. The number of aliphatic hydroxyl groups excluding tert-OH is 1. The van der Waals surface area contributed by atoms with E-state index in [2.05, 4.69) is 26.3 Å². The van der Waals surface area contributed by atoms with E-state index >= 15 is 0 Å². The third kappa shape index (κ3) is 6.43. The van der Waals surface area contributed by atoms with E-state index in [1.54, 1.807) is 6.20 Å². The molecule has 0 spiro atoms. The van der Waals surface area contributed by atoms with Crippen LogP contribution in [0.3, 0.4) is 0 Å². The molecule has 6 rings (SSSR count). The highest BCUT2D eigenvalue weighted by atomic mass is 19.1. The number of fused-ring (bicyclic) bond motifs is 1. The van der Waals surface area contributed by atoms with Crippen molar-refractivity contribution in [2.24, 2.45) is 5.92 Å². The number of nitrogens with zero attached hydrogens (tertiary/aromatic N) is 4. The number of nitrogens with one attached hydrogen (secondary N) is 4. The number of hydrogen-bond donors (Lipinski definition) is 5. The van der Waals surface area contributed by atoms with Gasteiger partial charge in [0.05, 0.1) is 18.0 Å². The summed E-state index contributed by atoms with van der Waals surface area (Å²) in [6, 6.07) is 3.79. The summed E-state index contributed by atoms with van der Waals surface area (Å²) in [5.41, 5.74) is 1.29. The molecule has 1 aliphatic heterocycles. The molecule has 3 heterocycles. The molecule has 0 radical (unpaired) electrons. The Kier molecular flexibility index (Phi) is 8.29. The van der Waals surface area contributed by atoms with Gasteiger partial charge in [0.1, 0.15) is 17.2 Å². The maximum Gasteiger partial charge on any atom is 0.224 e. The molecule has 220 valence electrons. The SMILES string of the molecule is O=C(NC1CCNCC1)C1CCC(n2c(Nc3ccc(F)cc3F)nc3cnc(N[C@H]4CC[C@H](O)CC4)nc32)CC1. The van der Waals surface area contributed by atoms with Gasteiger partial charge in [0, 0.05) is 30.1 Å². The summed E-state index contributed by atoms with van der Waals surface area (Å²) in [6.45, 7) is 1.86. The molecular formula is C29H38F2N8O2. The van der Waals surface area contributed by atoms with Crippen LogP contribution in [-0.4, -0.2) is 61.8 Å². The number of halogens is 2. The van der Waals surface area contributed by atoms with Crippen molar-refractivity contribution in [3.63, 3.8) is 0 Å². The molecule has 1 aromatic carbocycles. The molecule has 3 aromatic rings. The van der Waals surface area contributed by atoms with Crippen LogP contribution < -0.4 is 21.3 Å². The van der Waals surface area contributed by atoms with Gasteiger partial charge in [0.2, 0.25) is 17.8 Å². The highest BCUT2D eigenvalue weighted by Crippen LogP contribution is 2.37. The Morgan fingerprint density at radius 3 is 2.44 bits per heavy atom. The fraction of sp³-hybridized carbons (Fsp3) is 0.586. The molecule has 3 aliphatic rings. The normalized spacial score (nSPS) is 25.6. The van der Waals surface area contributed by atoms with Crippen LogP contribution in [0, 0.1) is 17.6 Å². The first kappa shape index (κ1) is 27.8. The largest absolute Gasteiger partial charge is 0.393 e. The zero-order valence-corrected chi connectivity index (χ0v) is 23.1. The number of aromatic nitrogens is 4. The number of imidazole rings is 1. The van der Waals surface area contributed by atoms with Crippen LogP contribution in [0.1, 0.15) is 70.3 Å². The quantitative estimate of drug-likeness (QED) is 0.287. The van der Waals surface area contributed by atoms with Gasteiger partial charge >= 0.3 is 0 Å². The van der Waals surface area contributed by atoms with Crippen molar-refractivity contribution >= 4 is 34.7 Å². The Morgan fingerprint density at radius 2 is 1.71 bits per heavy atom. The number of carbonyl (C=O) groups is 1. The lowest BCUT2D eigenvalue weighted by atomic mass is 9.85. The Hall–Kier alpha value is -3.38. The van der Waals surface area contributed by atoms with Gasteiger partial charge in [-0.2, -0.15) is 4.98 Å². The molecule has 0 unspecified atom stereocenters. The summed E-state index contributed by atoms with van der Waals surface area (Å²) in [5.74, 6) is -0.399. The van der Waals surface area contributed by atoms with Crippen LogP contribution >= 0.6 is 0 Å². The van der Waals surface area contributed by atoms with E-state index in [1.165, 1.54) is 12.1 Å². The van der Waals surface area contributed by atoms with Crippen molar-refractivity contribution in [3.8, 4) is 0 Å². The molecule has 1 amide bonds. The van der Waals surface area contributed by atoms with Crippen molar-refractivity contribution in [2.45, 2.75) is 88.4 Å². The first-order valence-corrected chi connectivity index (χ1v) is 14.9. The third-order valence-electron chi connectivity index (χ3n) is 8.76. The third-order valence-corrected chi connectivity index (χ3v) is 8.76. The summed E-state index contributed by atoms with van der Waals surface area (Å²) >= 11 is 0. The zero-order chi connectivity index (χ0) is 28.3. The molecule has 41 heavy (non-hydrogen) atoms. The Balaban J connectivity index is 1.24. The number of amides is 1. The standard InChI is InChI=1S/C29H38F2N8O2/c30-18-3-10-24(23(31)15-18)36-29-37-25-16-33-28(35-19-4-8-22(40)9-5-19)38-26(25)39(29)21-6-1-17(2-7-21)27(41)34-20-11-13-32-14-12-20/h3,10,15-17,19-22,32,40H,1-2,4-9,11-14H2,(H,34,41)(H,36,37)(H,33,35,38)/t17?,19-,21?,22-. The number of carbonyl (C=O) groups excluding carboxylic acids is 1. The van der Waals surface area contributed by atoms with Gasteiger partial charge < -0.3 is 26.4 Å². The van der Waals surface area contributed by atoms with E-state index in [0.717, 1.165) is 83.4 Å². The topological polar surface area (TPSA) is 129 Å². The average Bonchev–Trinajstić information content (AvgIpc) is 3.33. The molecule has 2 aliphatic carbocycles. The molecule has 2 aromatic heterocycles. The van der Waals surface area contributed by atoms with Crippen LogP contribution in [0.25, 0.3) is 11.2 Å². The van der Waals surface area contributed by atoms with Gasteiger partial charge in [-0.3, -0.25) is 9.36 Å². The fourth-order valence-electron chi connectivity index (χ4n) is 6.39. The second-order valence-corrected chi connectivity index (χ2v) is 11.6. The molecule has 1 saturated heterocycles. The van der Waals surface area contributed by atoms with Gasteiger partial charge in [-0.15, -0.1) is 0 Å². The number of piperidine rings is 1. The van der Waals surface area contributed by atoms with Crippen LogP contribution in [-0.2, 0) is 4.79 Å². The van der Waals surface area contributed by atoms with E-state index in [9.17, 15) is 18.7 Å². The van der Waals surface area contributed by atoms with Gasteiger partial charge in [-0.25, -0.2) is 18.7 Å². The minimum atomic E-state index is -0.713. The summed E-state index contributed by atoms with van der Waals surface area (Å²) in [6.07, 6.45) is 9.39. The lowest BCUT2D eigenvalue weighted by Crippen LogP contribution is -2.45. The summed E-state index contributed by atoms with van der Waals surface area (Å²) < 4.78 is 30.2. The number of anilines is 3. The van der Waals surface area contributed by atoms with Crippen molar-refractivity contribution in [1.29, 1.82) is 0 Å². The number of aliphatic hydroxyl groups is 1. The highest BCUT2D eigenvalue weighted by molar-refractivity contribution is 5.79. The maximum absolute atomic E-state index is 14.6. The smallest absolute Gasteiger partial charge is 0.224 e. The van der Waals surface area contributed by atoms with E-state index < -0.39 is 11.6 Å². The second-order valence-electron chi connectivity index (χ2n) is 11.6. The van der Waals surface area contributed by atoms with Crippen LogP contribution in [0.15, 0.2) is 24.4 Å². The molecule has 5 N–H and O–H groups in total. The Labute approximate surface area is 237 Å². The second kappa shape index (κ2) is 12.2. The first-order valence-electron chi connectivity index (χ1n) is 14.9. The van der Waals surface area contributed by atoms with Crippen LogP contribution in [0.4, 0.5) is 26.4 Å². The first-order chi connectivity index (χ1) is 19.9. The fourth-order valence-corrected chi connectivity index (χ4v) is 6.39. The van der Waals surface area contributed by atoms with E-state index in [4.69, 9.17) is 9.97 Å². The molecule has 10 nitrogen and oxygen atoms in total. The average molecular weight is 569 g/mol. The summed E-state index contributed by atoms with van der Waals surface area (Å²) in [4.78, 5) is 27.0. The van der Waals surface area contributed by atoms with Gasteiger partial charge in [0.25, 0.3) is 0 Å². The van der Waals surface area contributed by atoms with Crippen molar-refractivity contribution < 1.29 is 18.7 Å². The number of rotatable bonds is 7. The minimum absolute atomic E-state index is 0.0125. The van der Waals surface area contributed by atoms with Crippen LogP contribution in [0.5, 0.6) is 0 Å². The summed E-state index contributed by atoms with van der Waals surface area (Å²) in [5, 5.41) is 22.9. The minimum Gasteiger partial charge on any atom is -0.393 e. The number of hydrogen-bond acceptors (Lipinski definition) is 8. The summed E-state index contributed by atoms with van der Waals surface area (Å²) in [7, 11) is 0. The Bertz CT molecular complexity index is 1360. The van der Waals surface area contributed by atoms with E-state index in [0.29, 0.717) is 23.1 Å². The molecule has 0 atom stereocenters. The lowest BCUT2D eigenvalue weighted by molar-refractivity contribution is -0.127. The van der Waals surface area contributed by atoms with E-state index in [1.807, 2.05) is 4.57 Å². The van der Waals surface area contributed by atoms with Crippen LogP contribution in [0.2, 0.25) is 0 Å². The van der Waals surface area contributed by atoms with Crippen molar-refractivity contribution in [3.05, 3.63) is 36.0 Å². The van der Waals surface area contributed by atoms with Crippen molar-refractivity contribution in [2.75, 3.05) is 23.7 Å². The maximum atomic E-state index is 14.6. The van der Waals surface area contributed by atoms with Gasteiger partial charge in [0.15, 0.2) is 5.65 Å². The monoisotopic (exact) mass is 568 g/mol. The Morgan fingerprint density at radius 1 is 0.951 bits per heavy atom. The molecule has 2 saturated carbocycles. The van der Waals surface area contributed by atoms with E-state index in [-0.39, 0.29) is 41.7 Å². The van der Waals surface area contributed by atoms with Gasteiger partial charge in [-0.1, -0.05) is 0 Å². The lowest BCUT2D eigenvalue weighted by Gasteiger charge is -2.31. The number of benzene rings is 1. The molecule has 0 bridgehead atoms. The predicted molar refractivity (Wildman–Crippen MR) is 152 cm³/mol.